The summed E-state index contributed by atoms with van der Waals surface area (Å²) in [6.45, 7) is 1.89. The fourth-order valence-corrected chi connectivity index (χ4v) is 2.37. The summed E-state index contributed by atoms with van der Waals surface area (Å²) in [5.41, 5.74) is 1.81. The Morgan fingerprint density at radius 2 is 2.10 bits per heavy atom. The predicted octanol–water partition coefficient (Wildman–Crippen LogP) is 3.42. The van der Waals surface area contributed by atoms with E-state index in [4.69, 9.17) is 0 Å². The third-order valence-electron chi connectivity index (χ3n) is 3.11. The molecule has 0 bridgehead atoms. The number of benzene rings is 1. The van der Waals surface area contributed by atoms with Gasteiger partial charge in [-0.05, 0) is 18.4 Å². The van der Waals surface area contributed by atoms with Gasteiger partial charge in [0, 0.05) is 6.20 Å². The van der Waals surface area contributed by atoms with Crippen molar-refractivity contribution in [1.29, 1.82) is 0 Å². The monoisotopic (exact) mass is 424 g/mol. The maximum absolute atomic E-state index is 4.48. The van der Waals surface area contributed by atoms with Crippen LogP contribution in [0.1, 0.15) is 5.82 Å². The molecule has 0 saturated heterocycles. The van der Waals surface area contributed by atoms with Crippen molar-refractivity contribution in [1.82, 2.24) is 19.6 Å². The second-order valence-electron chi connectivity index (χ2n) is 4.25. The standard InChI is InChI=1S/C14H9N4.HI.Zn/c1-9-16-14-12-5-3-2-4-10(12)11-6-7-15-8-13(11)18(14)17-9;;/h2-4,6-8H,1H3;1H;/q-1;;+2/p-1. The van der Waals surface area contributed by atoms with Crippen LogP contribution >= 0.6 is 19.8 Å². The molecule has 0 aliphatic heterocycles. The minimum absolute atomic E-state index is 0.755. The van der Waals surface area contributed by atoms with Gasteiger partial charge in [-0.3, -0.25) is 14.5 Å². The Hall–Kier alpha value is -1.14. The normalized spacial score (nSPS) is 10.8. The van der Waals surface area contributed by atoms with Gasteiger partial charge in [-0.2, -0.15) is 5.10 Å². The summed E-state index contributed by atoms with van der Waals surface area (Å²) in [7, 11) is 0. The Morgan fingerprint density at radius 1 is 1.25 bits per heavy atom. The summed E-state index contributed by atoms with van der Waals surface area (Å²) in [5, 5.41) is 7.69. The molecule has 0 radical (unpaired) electrons. The van der Waals surface area contributed by atoms with Gasteiger partial charge in [0.2, 0.25) is 0 Å². The number of hydrogen-bond acceptors (Lipinski definition) is 3. The molecule has 6 heteroatoms. The van der Waals surface area contributed by atoms with Crippen molar-refractivity contribution in [2.45, 2.75) is 6.92 Å². The van der Waals surface area contributed by atoms with Gasteiger partial charge >= 0.3 is 34.5 Å². The predicted molar refractivity (Wildman–Crippen MR) is 83.4 cm³/mol. The van der Waals surface area contributed by atoms with E-state index >= 15 is 0 Å². The zero-order valence-electron chi connectivity index (χ0n) is 10.8. The molecule has 4 aromatic rings. The third-order valence-corrected chi connectivity index (χ3v) is 3.11. The summed E-state index contributed by atoms with van der Waals surface area (Å²) in [4.78, 5) is 8.66. The fraction of sp³-hybridized carbons (Fsp3) is 0.0714. The molecule has 4 nitrogen and oxygen atoms in total. The van der Waals surface area contributed by atoms with Gasteiger partial charge in [-0.1, -0.05) is 10.8 Å². The van der Waals surface area contributed by atoms with E-state index in [0.717, 1.165) is 33.1 Å². The number of hydrogen-bond donors (Lipinski definition) is 0. The van der Waals surface area contributed by atoms with E-state index in [2.05, 4.69) is 46.9 Å². The summed E-state index contributed by atoms with van der Waals surface area (Å²) >= 11 is 3.62. The van der Waals surface area contributed by atoms with Crippen molar-refractivity contribution < 1.29 is 14.8 Å². The van der Waals surface area contributed by atoms with Crippen molar-refractivity contribution in [3.63, 3.8) is 0 Å². The van der Waals surface area contributed by atoms with Crippen LogP contribution in [0.3, 0.4) is 0 Å². The second kappa shape index (κ2) is 5.70. The first-order chi connectivity index (χ1) is 9.84. The number of pyridine rings is 2. The quantitative estimate of drug-likeness (QED) is 0.188. The average molecular weight is 426 g/mol. The van der Waals surface area contributed by atoms with Crippen LogP contribution in [0.5, 0.6) is 0 Å². The minimum atomic E-state index is 0.755. The first-order valence-electron chi connectivity index (χ1n) is 6.01. The van der Waals surface area contributed by atoms with Crippen LogP contribution in [0, 0.1) is 13.0 Å². The van der Waals surface area contributed by atoms with Crippen molar-refractivity contribution in [3.05, 3.63) is 48.5 Å². The van der Waals surface area contributed by atoms with Crippen molar-refractivity contribution in [2.75, 3.05) is 0 Å². The maximum atomic E-state index is 4.48. The number of fused-ring (bicyclic) bond motifs is 6. The zero-order valence-corrected chi connectivity index (χ0v) is 16.0. The molecule has 0 N–H and O–H groups in total. The van der Waals surface area contributed by atoms with E-state index in [9.17, 15) is 0 Å². The molecule has 0 fully saturated rings. The van der Waals surface area contributed by atoms with Gasteiger partial charge in [0.15, 0.2) is 0 Å². The number of halogens is 1. The summed E-state index contributed by atoms with van der Waals surface area (Å²) in [6.07, 6.45) is 3.62. The van der Waals surface area contributed by atoms with Gasteiger partial charge < -0.3 is 0 Å². The van der Waals surface area contributed by atoms with Gasteiger partial charge in [0.25, 0.3) is 0 Å². The van der Waals surface area contributed by atoms with E-state index in [-0.39, 0.29) is 0 Å². The Bertz CT molecular complexity index is 831. The molecule has 1 aromatic carbocycles. The zero-order chi connectivity index (χ0) is 14.1. The van der Waals surface area contributed by atoms with Crippen LogP contribution in [-0.2, 0) is 14.8 Å². The molecular formula is C14H9IN4Zn. The molecule has 0 atom stereocenters. The van der Waals surface area contributed by atoms with Crippen LogP contribution in [0.15, 0.2) is 36.7 Å². The molecule has 0 aliphatic carbocycles. The molecule has 3 heterocycles. The average Bonchev–Trinajstić information content (AvgIpc) is 2.92. The summed E-state index contributed by atoms with van der Waals surface area (Å²) in [5.74, 6) is 0.755. The Labute approximate surface area is 136 Å². The molecule has 94 valence electrons. The Balaban J connectivity index is 0.000000581. The van der Waals surface area contributed by atoms with E-state index in [1.165, 1.54) is 14.8 Å². The fourth-order valence-electron chi connectivity index (χ4n) is 2.37. The van der Waals surface area contributed by atoms with E-state index in [1.54, 1.807) is 6.20 Å². The summed E-state index contributed by atoms with van der Waals surface area (Å²) < 4.78 is 1.84. The summed E-state index contributed by atoms with van der Waals surface area (Å²) in [6, 6.07) is 11.2. The van der Waals surface area contributed by atoms with Crippen molar-refractivity contribution in [2.24, 2.45) is 0 Å². The Kier molecular flexibility index (Phi) is 3.94. The van der Waals surface area contributed by atoms with Crippen LogP contribution in [0.4, 0.5) is 0 Å². The van der Waals surface area contributed by atoms with Crippen molar-refractivity contribution >= 4 is 47.1 Å². The van der Waals surface area contributed by atoms with Gasteiger partial charge in [0.05, 0.1) is 17.4 Å². The molecule has 0 unspecified atom stereocenters. The molecule has 4 rings (SSSR count). The first-order valence-corrected chi connectivity index (χ1v) is 15.1. The van der Waals surface area contributed by atoms with Crippen molar-refractivity contribution in [3.8, 4) is 0 Å². The molecule has 0 amide bonds. The van der Waals surface area contributed by atoms with Gasteiger partial charge in [-0.25, -0.2) is 0 Å². The molecule has 20 heavy (non-hydrogen) atoms. The van der Waals surface area contributed by atoms with E-state index in [0.29, 0.717) is 0 Å². The van der Waals surface area contributed by atoms with E-state index < -0.39 is 0 Å². The number of aromatic nitrogens is 4. The third kappa shape index (κ3) is 2.11. The molecule has 0 spiro atoms. The first kappa shape index (κ1) is 13.8. The van der Waals surface area contributed by atoms with Crippen LogP contribution in [-0.4, -0.2) is 19.6 Å². The van der Waals surface area contributed by atoms with Gasteiger partial charge in [-0.15, -0.1) is 24.3 Å². The van der Waals surface area contributed by atoms with Crippen LogP contribution in [0.2, 0.25) is 0 Å². The molecule has 0 aliphatic rings. The molecule has 0 saturated carbocycles. The number of rotatable bonds is 0. The van der Waals surface area contributed by atoms with E-state index in [1.807, 2.05) is 35.8 Å². The number of aryl methyl sites for hydroxylation is 1. The second-order valence-corrected chi connectivity index (χ2v) is 4.25. The molecule has 3 aromatic heterocycles. The van der Waals surface area contributed by atoms with Crippen LogP contribution in [0.25, 0.3) is 27.3 Å². The van der Waals surface area contributed by atoms with Gasteiger partial charge in [0.1, 0.15) is 5.82 Å². The van der Waals surface area contributed by atoms with Crippen LogP contribution < -0.4 is 0 Å². The topological polar surface area (TPSA) is 43.1 Å². The SMILES string of the molecule is Cc1nc2c3[c-]cccc3c3ccncc3n2n1.[Zn+][I]. The Morgan fingerprint density at radius 3 is 2.95 bits per heavy atom. The number of nitrogens with zero attached hydrogens (tertiary/aromatic N) is 4. The molecular weight excluding hydrogens is 416 g/mol.